The fourth-order valence-electron chi connectivity index (χ4n) is 4.72. The lowest BCUT2D eigenvalue weighted by Gasteiger charge is -2.34. The first-order valence-corrected chi connectivity index (χ1v) is 10.0. The van der Waals surface area contributed by atoms with Gasteiger partial charge in [0, 0.05) is 12.1 Å². The summed E-state index contributed by atoms with van der Waals surface area (Å²) in [5.74, 6) is 3.74. The third kappa shape index (κ3) is 5.53. The molecule has 0 bridgehead atoms. The maximum absolute atomic E-state index is 3.86. The lowest BCUT2D eigenvalue weighted by Crippen LogP contribution is -2.36. The van der Waals surface area contributed by atoms with E-state index in [0.29, 0.717) is 0 Å². The molecule has 0 spiro atoms. The SMILES string of the molecule is CN[C@H]1CC[C@@H](C(C)CCNC2CCC(C(C)C)CC2)CC1. The average molecular weight is 309 g/mol. The van der Waals surface area contributed by atoms with E-state index in [-0.39, 0.29) is 0 Å². The third-order valence-corrected chi connectivity index (χ3v) is 6.73. The van der Waals surface area contributed by atoms with Crippen LogP contribution in [-0.2, 0) is 0 Å². The molecule has 2 saturated carbocycles. The Morgan fingerprint density at radius 2 is 1.32 bits per heavy atom. The topological polar surface area (TPSA) is 24.1 Å². The Hall–Kier alpha value is -0.0800. The van der Waals surface area contributed by atoms with Gasteiger partial charge in [0.25, 0.3) is 0 Å². The van der Waals surface area contributed by atoms with E-state index in [9.17, 15) is 0 Å². The molecule has 1 unspecified atom stereocenters. The van der Waals surface area contributed by atoms with Crippen molar-refractivity contribution >= 4 is 0 Å². The van der Waals surface area contributed by atoms with Crippen LogP contribution in [0.5, 0.6) is 0 Å². The van der Waals surface area contributed by atoms with Crippen LogP contribution in [0.15, 0.2) is 0 Å². The fourth-order valence-corrected chi connectivity index (χ4v) is 4.72. The Morgan fingerprint density at radius 3 is 1.86 bits per heavy atom. The highest BCUT2D eigenvalue weighted by molar-refractivity contribution is 4.81. The van der Waals surface area contributed by atoms with Crippen molar-refractivity contribution in [2.75, 3.05) is 13.6 Å². The fraction of sp³-hybridized carbons (Fsp3) is 1.00. The molecule has 2 aliphatic carbocycles. The smallest absolute Gasteiger partial charge is 0.00672 e. The molecule has 0 amide bonds. The van der Waals surface area contributed by atoms with Crippen molar-refractivity contribution in [3.8, 4) is 0 Å². The molecule has 0 aromatic heterocycles. The van der Waals surface area contributed by atoms with Crippen molar-refractivity contribution in [2.24, 2.45) is 23.7 Å². The van der Waals surface area contributed by atoms with Crippen molar-refractivity contribution < 1.29 is 0 Å². The molecular weight excluding hydrogens is 268 g/mol. The summed E-state index contributed by atoms with van der Waals surface area (Å²) in [7, 11) is 2.12. The van der Waals surface area contributed by atoms with Gasteiger partial charge in [0.1, 0.15) is 0 Å². The second-order valence-electron chi connectivity index (χ2n) is 8.48. The van der Waals surface area contributed by atoms with Crippen LogP contribution in [0.25, 0.3) is 0 Å². The Kier molecular flexibility index (Phi) is 7.70. The molecule has 0 aliphatic heterocycles. The van der Waals surface area contributed by atoms with E-state index >= 15 is 0 Å². The van der Waals surface area contributed by atoms with Gasteiger partial charge in [0.05, 0.1) is 0 Å². The van der Waals surface area contributed by atoms with Crippen LogP contribution < -0.4 is 10.6 Å². The molecule has 2 heteroatoms. The van der Waals surface area contributed by atoms with Crippen molar-refractivity contribution in [1.29, 1.82) is 0 Å². The van der Waals surface area contributed by atoms with Gasteiger partial charge in [-0.1, -0.05) is 20.8 Å². The highest BCUT2D eigenvalue weighted by Gasteiger charge is 2.25. The normalized spacial score (nSPS) is 34.8. The van der Waals surface area contributed by atoms with Crippen LogP contribution in [-0.4, -0.2) is 25.7 Å². The molecule has 0 saturated heterocycles. The van der Waals surface area contributed by atoms with E-state index in [4.69, 9.17) is 0 Å². The second-order valence-corrected chi connectivity index (χ2v) is 8.48. The van der Waals surface area contributed by atoms with E-state index < -0.39 is 0 Å². The van der Waals surface area contributed by atoms with Gasteiger partial charge in [-0.15, -0.1) is 0 Å². The molecule has 2 nitrogen and oxygen atoms in total. The molecule has 0 radical (unpaired) electrons. The molecule has 130 valence electrons. The van der Waals surface area contributed by atoms with Crippen molar-refractivity contribution in [2.45, 2.75) is 90.6 Å². The number of hydrogen-bond donors (Lipinski definition) is 2. The number of nitrogens with one attached hydrogen (secondary N) is 2. The molecular formula is C20H40N2. The number of rotatable bonds is 7. The van der Waals surface area contributed by atoms with Gasteiger partial charge in [-0.25, -0.2) is 0 Å². The summed E-state index contributed by atoms with van der Waals surface area (Å²) in [6.45, 7) is 8.51. The minimum atomic E-state index is 0.790. The third-order valence-electron chi connectivity index (χ3n) is 6.73. The summed E-state index contributed by atoms with van der Waals surface area (Å²) >= 11 is 0. The first kappa shape index (κ1) is 18.3. The molecule has 2 aliphatic rings. The lowest BCUT2D eigenvalue weighted by molar-refractivity contribution is 0.211. The molecule has 1 atom stereocenters. The Labute approximate surface area is 139 Å². The molecule has 0 aromatic carbocycles. The van der Waals surface area contributed by atoms with Crippen LogP contribution in [0.4, 0.5) is 0 Å². The van der Waals surface area contributed by atoms with Gasteiger partial charge < -0.3 is 10.6 Å². The summed E-state index contributed by atoms with van der Waals surface area (Å²) in [6.07, 6.45) is 12.7. The van der Waals surface area contributed by atoms with Gasteiger partial charge in [-0.3, -0.25) is 0 Å². The maximum atomic E-state index is 3.86. The predicted molar refractivity (Wildman–Crippen MR) is 97.2 cm³/mol. The Balaban J connectivity index is 1.57. The molecule has 2 fully saturated rings. The standard InChI is InChI=1S/C20H40N2/c1-15(2)17-5-11-20(12-6-17)22-14-13-16(3)18-7-9-19(21-4)10-8-18/h15-22H,5-14H2,1-4H3/t16?,17?,18-,19+,20?. The average Bonchev–Trinajstić information content (AvgIpc) is 2.55. The van der Waals surface area contributed by atoms with Crippen LogP contribution in [0, 0.1) is 23.7 Å². The highest BCUT2D eigenvalue weighted by Crippen LogP contribution is 2.32. The molecule has 22 heavy (non-hydrogen) atoms. The van der Waals surface area contributed by atoms with E-state index in [0.717, 1.165) is 35.8 Å². The van der Waals surface area contributed by atoms with E-state index in [1.807, 2.05) is 0 Å². The molecule has 2 N–H and O–H groups in total. The van der Waals surface area contributed by atoms with E-state index in [1.165, 1.54) is 64.3 Å². The van der Waals surface area contributed by atoms with Gasteiger partial charge in [-0.05, 0) is 95.1 Å². The van der Waals surface area contributed by atoms with Crippen LogP contribution >= 0.6 is 0 Å². The minimum absolute atomic E-state index is 0.790. The quantitative estimate of drug-likeness (QED) is 0.718. The monoisotopic (exact) mass is 308 g/mol. The second kappa shape index (κ2) is 9.27. The predicted octanol–water partition coefficient (Wildman–Crippen LogP) is 4.60. The molecule has 0 heterocycles. The van der Waals surface area contributed by atoms with E-state index in [2.05, 4.69) is 38.5 Å². The van der Waals surface area contributed by atoms with Crippen LogP contribution in [0.3, 0.4) is 0 Å². The minimum Gasteiger partial charge on any atom is -0.317 e. The van der Waals surface area contributed by atoms with E-state index in [1.54, 1.807) is 0 Å². The summed E-state index contributed by atoms with van der Waals surface area (Å²) in [4.78, 5) is 0. The molecule has 0 aromatic rings. The van der Waals surface area contributed by atoms with Crippen molar-refractivity contribution in [3.63, 3.8) is 0 Å². The van der Waals surface area contributed by atoms with Gasteiger partial charge in [0.15, 0.2) is 0 Å². The Bertz CT molecular complexity index is 286. The zero-order chi connectivity index (χ0) is 15.9. The van der Waals surface area contributed by atoms with Crippen LogP contribution in [0.1, 0.15) is 78.6 Å². The van der Waals surface area contributed by atoms with Crippen molar-refractivity contribution in [3.05, 3.63) is 0 Å². The Morgan fingerprint density at radius 1 is 0.773 bits per heavy atom. The first-order valence-electron chi connectivity index (χ1n) is 10.0. The first-order chi connectivity index (χ1) is 10.6. The zero-order valence-corrected chi connectivity index (χ0v) is 15.5. The van der Waals surface area contributed by atoms with Gasteiger partial charge in [-0.2, -0.15) is 0 Å². The van der Waals surface area contributed by atoms with Crippen molar-refractivity contribution in [1.82, 2.24) is 10.6 Å². The zero-order valence-electron chi connectivity index (χ0n) is 15.5. The van der Waals surface area contributed by atoms with Gasteiger partial charge >= 0.3 is 0 Å². The lowest BCUT2D eigenvalue weighted by atomic mass is 9.77. The number of hydrogen-bond acceptors (Lipinski definition) is 2. The summed E-state index contributed by atoms with van der Waals surface area (Å²) in [6, 6.07) is 1.60. The summed E-state index contributed by atoms with van der Waals surface area (Å²) < 4.78 is 0. The maximum Gasteiger partial charge on any atom is 0.00672 e. The molecule has 2 rings (SSSR count). The largest absolute Gasteiger partial charge is 0.317 e. The highest BCUT2D eigenvalue weighted by atomic mass is 14.9. The summed E-state index contributed by atoms with van der Waals surface area (Å²) in [5, 5.41) is 7.31. The van der Waals surface area contributed by atoms with Crippen LogP contribution in [0.2, 0.25) is 0 Å². The van der Waals surface area contributed by atoms with Gasteiger partial charge in [0.2, 0.25) is 0 Å². The summed E-state index contributed by atoms with van der Waals surface area (Å²) in [5.41, 5.74) is 0.